The summed E-state index contributed by atoms with van der Waals surface area (Å²) in [6, 6.07) is 4.41. The molecule has 0 aliphatic carbocycles. The Morgan fingerprint density at radius 3 is 2.72 bits per heavy atom. The molecule has 2 rings (SSSR count). The third kappa shape index (κ3) is 3.22. The zero-order valence-corrected chi connectivity index (χ0v) is 11.0. The van der Waals surface area contributed by atoms with Gasteiger partial charge in [-0.15, -0.1) is 0 Å². The molecule has 3 nitrogen and oxygen atoms in total. The van der Waals surface area contributed by atoms with E-state index in [9.17, 15) is 9.18 Å². The van der Waals surface area contributed by atoms with Crippen molar-refractivity contribution in [1.29, 1.82) is 0 Å². The van der Waals surface area contributed by atoms with Crippen LogP contribution in [0, 0.1) is 11.2 Å². The molecule has 0 spiro atoms. The van der Waals surface area contributed by atoms with Crippen molar-refractivity contribution in [2.24, 2.45) is 5.41 Å². The third-order valence-electron chi connectivity index (χ3n) is 2.91. The molecule has 0 saturated carbocycles. The fourth-order valence-electron chi connectivity index (χ4n) is 2.30. The molecule has 1 aliphatic rings. The first-order valence-corrected chi connectivity index (χ1v) is 6.19. The smallest absolute Gasteiger partial charge is 0.226 e. The van der Waals surface area contributed by atoms with Crippen molar-refractivity contribution in [3.05, 3.63) is 24.0 Å². The van der Waals surface area contributed by atoms with Crippen LogP contribution in [-0.4, -0.2) is 11.9 Å². The molecule has 2 N–H and O–H groups in total. The average Bonchev–Trinajstić information content (AvgIpc) is 2.32. The molecule has 1 unspecified atom stereocenters. The van der Waals surface area contributed by atoms with Gasteiger partial charge in [0.25, 0.3) is 0 Å². The molecule has 1 amide bonds. The van der Waals surface area contributed by atoms with Gasteiger partial charge in [0, 0.05) is 12.5 Å². The summed E-state index contributed by atoms with van der Waals surface area (Å²) in [5, 5.41) is 6.06. The minimum absolute atomic E-state index is 0.0258. The molecule has 1 aromatic rings. The van der Waals surface area contributed by atoms with Crippen LogP contribution in [0.3, 0.4) is 0 Å². The van der Waals surface area contributed by atoms with Crippen LogP contribution in [-0.2, 0) is 4.79 Å². The van der Waals surface area contributed by atoms with E-state index in [1.165, 1.54) is 12.1 Å². The Bertz CT molecular complexity index is 465. The quantitative estimate of drug-likeness (QED) is 0.802. The highest BCUT2D eigenvalue weighted by molar-refractivity contribution is 5.96. The van der Waals surface area contributed by atoms with E-state index >= 15 is 0 Å². The number of fused-ring (bicyclic) bond motifs is 1. The number of benzene rings is 1. The SMILES string of the molecule is CC(C)(C)CC1CC(=O)Nc2ccc(F)cc2N1. The minimum Gasteiger partial charge on any atom is -0.380 e. The lowest BCUT2D eigenvalue weighted by molar-refractivity contribution is -0.116. The second kappa shape index (κ2) is 4.59. The second-order valence-electron chi connectivity index (χ2n) is 6.05. The number of rotatable bonds is 1. The lowest BCUT2D eigenvalue weighted by Crippen LogP contribution is -2.27. The highest BCUT2D eigenvalue weighted by Gasteiger charge is 2.25. The summed E-state index contributed by atoms with van der Waals surface area (Å²) in [5.74, 6) is -0.325. The summed E-state index contributed by atoms with van der Waals surface area (Å²) < 4.78 is 13.2. The van der Waals surface area contributed by atoms with Crippen molar-refractivity contribution in [2.45, 2.75) is 39.7 Å². The first kappa shape index (κ1) is 12.9. The Kier molecular flexibility index (Phi) is 3.28. The predicted octanol–water partition coefficient (Wildman–Crippen LogP) is 3.38. The van der Waals surface area contributed by atoms with Gasteiger partial charge in [-0.2, -0.15) is 0 Å². The van der Waals surface area contributed by atoms with Crippen LogP contribution in [0.5, 0.6) is 0 Å². The Hall–Kier alpha value is -1.58. The zero-order valence-electron chi connectivity index (χ0n) is 11.0. The van der Waals surface area contributed by atoms with E-state index in [1.54, 1.807) is 6.07 Å². The van der Waals surface area contributed by atoms with Gasteiger partial charge in [0.05, 0.1) is 11.4 Å². The van der Waals surface area contributed by atoms with Gasteiger partial charge < -0.3 is 10.6 Å². The maximum atomic E-state index is 13.2. The molecule has 0 saturated heterocycles. The Labute approximate surface area is 107 Å². The summed E-state index contributed by atoms with van der Waals surface area (Å²) in [6.45, 7) is 6.39. The van der Waals surface area contributed by atoms with Crippen LogP contribution >= 0.6 is 0 Å². The molecule has 98 valence electrons. The van der Waals surface area contributed by atoms with Gasteiger partial charge in [-0.05, 0) is 30.0 Å². The van der Waals surface area contributed by atoms with E-state index in [2.05, 4.69) is 31.4 Å². The molecule has 1 aromatic carbocycles. The number of carbonyl (C=O) groups excluding carboxylic acids is 1. The minimum atomic E-state index is -0.299. The summed E-state index contributed by atoms with van der Waals surface area (Å²) in [4.78, 5) is 11.8. The van der Waals surface area contributed by atoms with Gasteiger partial charge in [-0.1, -0.05) is 20.8 Å². The summed E-state index contributed by atoms with van der Waals surface area (Å²) >= 11 is 0. The van der Waals surface area contributed by atoms with Crippen LogP contribution in [0.15, 0.2) is 18.2 Å². The number of hydrogen-bond donors (Lipinski definition) is 2. The number of nitrogens with one attached hydrogen (secondary N) is 2. The standard InChI is InChI=1S/C14H19FN2O/c1-14(2,3)8-10-7-13(18)17-11-5-4-9(15)6-12(11)16-10/h4-6,10,16H,7-8H2,1-3H3,(H,17,18). The van der Waals surface area contributed by atoms with Crippen LogP contribution in [0.4, 0.5) is 15.8 Å². The van der Waals surface area contributed by atoms with E-state index in [0.717, 1.165) is 6.42 Å². The number of halogens is 1. The Balaban J connectivity index is 2.25. The summed E-state index contributed by atoms with van der Waals surface area (Å²) in [6.07, 6.45) is 1.27. The van der Waals surface area contributed by atoms with Crippen molar-refractivity contribution in [3.8, 4) is 0 Å². The molecule has 1 heterocycles. The monoisotopic (exact) mass is 250 g/mol. The van der Waals surface area contributed by atoms with Gasteiger partial charge in [0.1, 0.15) is 5.82 Å². The molecule has 4 heteroatoms. The van der Waals surface area contributed by atoms with Crippen LogP contribution in [0.25, 0.3) is 0 Å². The summed E-state index contributed by atoms with van der Waals surface area (Å²) in [7, 11) is 0. The normalized spacial score (nSPS) is 19.6. The predicted molar refractivity (Wildman–Crippen MR) is 71.1 cm³/mol. The average molecular weight is 250 g/mol. The van der Waals surface area contributed by atoms with E-state index in [0.29, 0.717) is 17.8 Å². The second-order valence-corrected chi connectivity index (χ2v) is 6.05. The topological polar surface area (TPSA) is 41.1 Å². The maximum absolute atomic E-state index is 13.2. The lowest BCUT2D eigenvalue weighted by atomic mass is 9.87. The number of hydrogen-bond acceptors (Lipinski definition) is 2. The van der Waals surface area contributed by atoms with Crippen molar-refractivity contribution < 1.29 is 9.18 Å². The highest BCUT2D eigenvalue weighted by atomic mass is 19.1. The molecule has 0 radical (unpaired) electrons. The van der Waals surface area contributed by atoms with Crippen molar-refractivity contribution in [1.82, 2.24) is 0 Å². The van der Waals surface area contributed by atoms with Gasteiger partial charge in [0.15, 0.2) is 0 Å². The molecule has 0 bridgehead atoms. The maximum Gasteiger partial charge on any atom is 0.226 e. The Morgan fingerprint density at radius 2 is 2.06 bits per heavy atom. The fraction of sp³-hybridized carbons (Fsp3) is 0.500. The number of carbonyl (C=O) groups is 1. The zero-order chi connectivity index (χ0) is 13.3. The molecule has 0 fully saturated rings. The largest absolute Gasteiger partial charge is 0.380 e. The third-order valence-corrected chi connectivity index (χ3v) is 2.91. The molecular weight excluding hydrogens is 231 g/mol. The molecule has 1 atom stereocenters. The van der Waals surface area contributed by atoms with E-state index in [4.69, 9.17) is 0 Å². The van der Waals surface area contributed by atoms with Crippen LogP contribution < -0.4 is 10.6 Å². The molecule has 0 aromatic heterocycles. The number of amides is 1. The van der Waals surface area contributed by atoms with Gasteiger partial charge in [-0.3, -0.25) is 4.79 Å². The summed E-state index contributed by atoms with van der Waals surface area (Å²) in [5.41, 5.74) is 1.43. The highest BCUT2D eigenvalue weighted by Crippen LogP contribution is 2.31. The lowest BCUT2D eigenvalue weighted by Gasteiger charge is -2.25. The Morgan fingerprint density at radius 1 is 1.33 bits per heavy atom. The first-order valence-electron chi connectivity index (χ1n) is 6.19. The number of anilines is 2. The van der Waals surface area contributed by atoms with Crippen LogP contribution in [0.2, 0.25) is 0 Å². The van der Waals surface area contributed by atoms with Crippen LogP contribution in [0.1, 0.15) is 33.6 Å². The van der Waals surface area contributed by atoms with Crippen molar-refractivity contribution >= 4 is 17.3 Å². The van der Waals surface area contributed by atoms with Crippen molar-refractivity contribution in [2.75, 3.05) is 10.6 Å². The molecular formula is C14H19FN2O. The van der Waals surface area contributed by atoms with Gasteiger partial charge >= 0.3 is 0 Å². The molecule has 18 heavy (non-hydrogen) atoms. The van der Waals surface area contributed by atoms with E-state index in [-0.39, 0.29) is 23.2 Å². The fourth-order valence-corrected chi connectivity index (χ4v) is 2.30. The van der Waals surface area contributed by atoms with E-state index in [1.807, 2.05) is 0 Å². The first-order chi connectivity index (χ1) is 8.33. The van der Waals surface area contributed by atoms with Crippen molar-refractivity contribution in [3.63, 3.8) is 0 Å². The molecule has 1 aliphatic heterocycles. The van der Waals surface area contributed by atoms with Gasteiger partial charge in [-0.25, -0.2) is 4.39 Å². The van der Waals surface area contributed by atoms with Gasteiger partial charge in [0.2, 0.25) is 5.91 Å². The van der Waals surface area contributed by atoms with E-state index < -0.39 is 0 Å².